The van der Waals surface area contributed by atoms with Gasteiger partial charge in [0.15, 0.2) is 0 Å². The fourth-order valence-corrected chi connectivity index (χ4v) is 7.94. The monoisotopic (exact) mass is 464 g/mol. The zero-order valence-corrected chi connectivity index (χ0v) is 22.6. The molecule has 4 fully saturated rings. The maximum absolute atomic E-state index is 10.8. The quantitative estimate of drug-likeness (QED) is 0.414. The Labute approximate surface area is 211 Å². The Kier molecular flexibility index (Phi) is 9.50. The lowest BCUT2D eigenvalue weighted by molar-refractivity contribution is 0.0209. The fraction of sp³-hybridized carbons (Fsp3) is 0.879. The third-order valence-electron chi connectivity index (χ3n) is 10.9. The minimum atomic E-state index is -0.525. The molecule has 0 spiro atoms. The molecule has 190 valence electrons. The van der Waals surface area contributed by atoms with Gasteiger partial charge in [-0.15, -0.1) is 0 Å². The van der Waals surface area contributed by atoms with Crippen molar-refractivity contribution >= 4 is 0 Å². The van der Waals surface area contributed by atoms with Gasteiger partial charge in [0.05, 0.1) is 0 Å². The lowest BCUT2D eigenvalue weighted by Crippen LogP contribution is -2.37. The van der Waals surface area contributed by atoms with E-state index in [1.165, 1.54) is 89.9 Å². The highest BCUT2D eigenvalue weighted by Crippen LogP contribution is 2.47. The van der Waals surface area contributed by atoms with E-state index < -0.39 is 6.10 Å². The maximum Gasteiger partial charge on any atom is 0.121 e. The molecule has 1 unspecified atom stereocenters. The van der Waals surface area contributed by atoms with E-state index in [4.69, 9.17) is 0 Å². The Bertz CT molecular complexity index is 727. The topological polar surface area (TPSA) is 20.2 Å². The number of hydrogen-bond donors (Lipinski definition) is 1. The van der Waals surface area contributed by atoms with Crippen LogP contribution < -0.4 is 0 Å². The van der Waals surface area contributed by atoms with Gasteiger partial charge >= 0.3 is 0 Å². The summed E-state index contributed by atoms with van der Waals surface area (Å²) in [7, 11) is 0. The molecule has 0 aromatic rings. The first-order chi connectivity index (χ1) is 16.4. The fourth-order valence-electron chi connectivity index (χ4n) is 7.94. The normalized spacial score (nSPS) is 41.9. The molecule has 0 aromatic carbocycles. The van der Waals surface area contributed by atoms with Crippen LogP contribution in [-0.4, -0.2) is 11.2 Å². The van der Waals surface area contributed by atoms with Gasteiger partial charge in [0.1, 0.15) is 6.10 Å². The molecular weight excluding hydrogens is 412 g/mol. The Balaban J connectivity index is 1.15. The van der Waals surface area contributed by atoms with Crippen LogP contribution in [0.1, 0.15) is 130 Å². The molecule has 1 atom stereocenters. The van der Waals surface area contributed by atoms with Gasteiger partial charge in [-0.05, 0) is 130 Å². The van der Waals surface area contributed by atoms with Crippen molar-refractivity contribution < 1.29 is 5.11 Å². The van der Waals surface area contributed by atoms with Crippen LogP contribution in [0.25, 0.3) is 0 Å². The molecule has 4 saturated carbocycles. The molecular formula is C33H52O. The summed E-state index contributed by atoms with van der Waals surface area (Å²) in [5.41, 5.74) is -0.0393. The summed E-state index contributed by atoms with van der Waals surface area (Å²) in [6.45, 7) is 7.09. The molecule has 34 heavy (non-hydrogen) atoms. The Hall–Kier alpha value is -0.920. The zero-order valence-electron chi connectivity index (χ0n) is 22.6. The second-order valence-corrected chi connectivity index (χ2v) is 13.5. The molecule has 0 saturated heterocycles. The van der Waals surface area contributed by atoms with Gasteiger partial charge in [0.25, 0.3) is 0 Å². The van der Waals surface area contributed by atoms with Crippen molar-refractivity contribution in [2.24, 2.45) is 46.8 Å². The van der Waals surface area contributed by atoms with Gasteiger partial charge in [0, 0.05) is 11.8 Å². The predicted molar refractivity (Wildman–Crippen MR) is 144 cm³/mol. The van der Waals surface area contributed by atoms with Gasteiger partial charge in [-0.2, -0.15) is 0 Å². The highest BCUT2D eigenvalue weighted by atomic mass is 16.3. The van der Waals surface area contributed by atoms with Gasteiger partial charge in [-0.3, -0.25) is 0 Å². The first kappa shape index (κ1) is 26.2. The summed E-state index contributed by atoms with van der Waals surface area (Å²) in [5.74, 6) is 19.1. The summed E-state index contributed by atoms with van der Waals surface area (Å²) < 4.78 is 0. The highest BCUT2D eigenvalue weighted by molar-refractivity contribution is 5.28. The van der Waals surface area contributed by atoms with Gasteiger partial charge < -0.3 is 5.11 Å². The second-order valence-electron chi connectivity index (χ2n) is 13.5. The molecule has 1 N–H and O–H groups in total. The molecule has 1 heteroatoms. The van der Waals surface area contributed by atoms with E-state index in [1.807, 2.05) is 0 Å². The standard InChI is InChI=1S/C33H52O/c1-25-9-15-28(16-10-25)30-19-13-27(14-20-30)7-5-4-6-8-32(34)33(3)23-21-31(22-24-33)29-17-11-26(2)12-18-29/h25-32,34H,7,9-24H2,1-3H3. The van der Waals surface area contributed by atoms with Crippen molar-refractivity contribution in [1.82, 2.24) is 0 Å². The Morgan fingerprint density at radius 3 is 1.59 bits per heavy atom. The van der Waals surface area contributed by atoms with Crippen molar-refractivity contribution in [3.05, 3.63) is 0 Å². The average molecular weight is 465 g/mol. The van der Waals surface area contributed by atoms with Gasteiger partial charge in [0.2, 0.25) is 0 Å². The van der Waals surface area contributed by atoms with Gasteiger partial charge in [-0.1, -0.05) is 58.3 Å². The molecule has 4 rings (SSSR count). The van der Waals surface area contributed by atoms with E-state index in [0.29, 0.717) is 0 Å². The van der Waals surface area contributed by atoms with Crippen molar-refractivity contribution in [1.29, 1.82) is 0 Å². The first-order valence-electron chi connectivity index (χ1n) is 15.1. The van der Waals surface area contributed by atoms with Gasteiger partial charge in [-0.25, -0.2) is 0 Å². The van der Waals surface area contributed by atoms with Crippen LogP contribution in [0.5, 0.6) is 0 Å². The number of rotatable bonds is 4. The van der Waals surface area contributed by atoms with E-state index in [9.17, 15) is 5.11 Å². The van der Waals surface area contributed by atoms with E-state index >= 15 is 0 Å². The number of aliphatic hydroxyl groups is 1. The van der Waals surface area contributed by atoms with E-state index in [2.05, 4.69) is 44.5 Å². The number of hydrogen-bond acceptors (Lipinski definition) is 1. The van der Waals surface area contributed by atoms with Crippen molar-refractivity contribution in [2.45, 2.75) is 136 Å². The van der Waals surface area contributed by atoms with Crippen molar-refractivity contribution in [3.63, 3.8) is 0 Å². The third kappa shape index (κ3) is 7.07. The lowest BCUT2D eigenvalue weighted by atomic mass is 9.63. The molecule has 0 heterocycles. The summed E-state index contributed by atoms with van der Waals surface area (Å²) in [4.78, 5) is 0. The molecule has 1 nitrogen and oxygen atoms in total. The SMILES string of the molecule is CC1CCC(C2CCC(CC#CC#CC(O)C3(C)CCC(C4CCC(C)CC4)CC3)CC2)CC1. The van der Waals surface area contributed by atoms with E-state index in [1.54, 1.807) is 0 Å². The van der Waals surface area contributed by atoms with E-state index in [-0.39, 0.29) is 5.41 Å². The molecule has 0 bridgehead atoms. The van der Waals surface area contributed by atoms with Crippen LogP contribution in [0.3, 0.4) is 0 Å². The number of aliphatic hydroxyl groups excluding tert-OH is 1. The molecule has 4 aliphatic carbocycles. The Morgan fingerprint density at radius 2 is 1.09 bits per heavy atom. The molecule has 0 aromatic heterocycles. The van der Waals surface area contributed by atoms with Crippen molar-refractivity contribution in [3.8, 4) is 23.7 Å². The van der Waals surface area contributed by atoms with Crippen LogP contribution in [0.15, 0.2) is 0 Å². The lowest BCUT2D eigenvalue weighted by Gasteiger charge is -2.42. The molecule has 0 aliphatic heterocycles. The Morgan fingerprint density at radius 1 is 0.647 bits per heavy atom. The summed E-state index contributed by atoms with van der Waals surface area (Å²) in [6.07, 6.45) is 22.4. The van der Waals surface area contributed by atoms with E-state index in [0.717, 1.165) is 60.7 Å². The minimum Gasteiger partial charge on any atom is -0.380 e. The maximum atomic E-state index is 10.8. The van der Waals surface area contributed by atoms with Crippen LogP contribution in [0.2, 0.25) is 0 Å². The molecule has 0 amide bonds. The second kappa shape index (κ2) is 12.4. The smallest absolute Gasteiger partial charge is 0.121 e. The first-order valence-corrected chi connectivity index (χ1v) is 15.1. The summed E-state index contributed by atoms with van der Waals surface area (Å²) in [6, 6.07) is 0. The van der Waals surface area contributed by atoms with Crippen LogP contribution in [0.4, 0.5) is 0 Å². The molecule has 4 aliphatic rings. The van der Waals surface area contributed by atoms with Crippen molar-refractivity contribution in [2.75, 3.05) is 0 Å². The van der Waals surface area contributed by atoms with Crippen LogP contribution >= 0.6 is 0 Å². The van der Waals surface area contributed by atoms with Crippen LogP contribution in [-0.2, 0) is 0 Å². The summed E-state index contributed by atoms with van der Waals surface area (Å²) >= 11 is 0. The zero-order chi connectivity index (χ0) is 24.0. The highest BCUT2D eigenvalue weighted by Gasteiger charge is 2.39. The largest absolute Gasteiger partial charge is 0.380 e. The minimum absolute atomic E-state index is 0.0393. The average Bonchev–Trinajstić information content (AvgIpc) is 2.86. The predicted octanol–water partition coefficient (Wildman–Crippen LogP) is 8.40. The van der Waals surface area contributed by atoms with Crippen LogP contribution in [0, 0.1) is 70.5 Å². The molecule has 0 radical (unpaired) electrons. The summed E-state index contributed by atoms with van der Waals surface area (Å²) in [5, 5.41) is 10.8. The third-order valence-corrected chi connectivity index (χ3v) is 10.9.